The summed E-state index contributed by atoms with van der Waals surface area (Å²) < 4.78 is 27.5. The predicted molar refractivity (Wildman–Crippen MR) is 63.7 cm³/mol. The van der Waals surface area contributed by atoms with Gasteiger partial charge in [0.1, 0.15) is 5.54 Å². The summed E-state index contributed by atoms with van der Waals surface area (Å²) in [4.78, 5) is 11.2. The summed E-state index contributed by atoms with van der Waals surface area (Å²) in [5.41, 5.74) is -1.39. The summed E-state index contributed by atoms with van der Waals surface area (Å²) in [5.74, 6) is -1.22. The van der Waals surface area contributed by atoms with Gasteiger partial charge in [0.15, 0.2) is 0 Å². The van der Waals surface area contributed by atoms with Crippen LogP contribution in [0.5, 0.6) is 0 Å². The van der Waals surface area contributed by atoms with Crippen LogP contribution in [0.3, 0.4) is 0 Å². The van der Waals surface area contributed by atoms with Gasteiger partial charge in [-0.2, -0.15) is 17.4 Å². The van der Waals surface area contributed by atoms with E-state index in [0.29, 0.717) is 13.1 Å². The van der Waals surface area contributed by atoms with Crippen LogP contribution < -0.4 is 4.72 Å². The average Bonchev–Trinajstić information content (AvgIpc) is 3.00. The molecule has 1 aliphatic rings. The molecule has 0 aromatic carbocycles. The first kappa shape index (κ1) is 14.4. The minimum atomic E-state index is -3.73. The van der Waals surface area contributed by atoms with E-state index < -0.39 is 21.7 Å². The monoisotopic (exact) mass is 264 g/mol. The fourth-order valence-electron chi connectivity index (χ4n) is 1.86. The molecule has 0 aromatic heterocycles. The van der Waals surface area contributed by atoms with Gasteiger partial charge in [-0.1, -0.05) is 13.8 Å². The highest BCUT2D eigenvalue weighted by Gasteiger charge is 2.50. The maximum Gasteiger partial charge on any atom is 0.324 e. The van der Waals surface area contributed by atoms with Crippen LogP contribution in [-0.2, 0) is 15.0 Å². The number of carbonyl (C=O) groups is 1. The van der Waals surface area contributed by atoms with Gasteiger partial charge in [0.25, 0.3) is 10.2 Å². The molecule has 0 saturated heterocycles. The largest absolute Gasteiger partial charge is 0.480 e. The molecule has 100 valence electrons. The first-order valence-electron chi connectivity index (χ1n) is 5.80. The molecule has 0 amide bonds. The quantitative estimate of drug-likeness (QED) is 0.697. The highest BCUT2D eigenvalue weighted by Crippen LogP contribution is 2.40. The van der Waals surface area contributed by atoms with E-state index in [1.807, 2.05) is 0 Å². The predicted octanol–water partition coefficient (Wildman–Crippen LogP) is 0.416. The Hall–Kier alpha value is -0.660. The van der Waals surface area contributed by atoms with E-state index in [1.165, 1.54) is 11.2 Å². The van der Waals surface area contributed by atoms with Crippen LogP contribution in [-0.4, -0.2) is 42.4 Å². The van der Waals surface area contributed by atoms with Crippen molar-refractivity contribution in [2.45, 2.75) is 39.2 Å². The number of nitrogens with zero attached hydrogens (tertiary/aromatic N) is 1. The normalized spacial score (nSPS) is 20.2. The molecular weight excluding hydrogens is 244 g/mol. The molecule has 1 fully saturated rings. The Morgan fingerprint density at radius 3 is 2.18 bits per heavy atom. The van der Waals surface area contributed by atoms with E-state index in [0.717, 1.165) is 12.8 Å². The third kappa shape index (κ3) is 2.97. The molecule has 17 heavy (non-hydrogen) atoms. The Kier molecular flexibility index (Phi) is 4.16. The number of aliphatic carboxylic acids is 1. The molecule has 6 nitrogen and oxygen atoms in total. The van der Waals surface area contributed by atoms with Gasteiger partial charge in [0, 0.05) is 13.1 Å². The van der Waals surface area contributed by atoms with Crippen LogP contribution in [0.1, 0.15) is 33.6 Å². The van der Waals surface area contributed by atoms with Crippen molar-refractivity contribution in [3.8, 4) is 0 Å². The fraction of sp³-hybridized carbons (Fsp3) is 0.900. The zero-order valence-corrected chi connectivity index (χ0v) is 11.2. The highest BCUT2D eigenvalue weighted by atomic mass is 32.2. The van der Waals surface area contributed by atoms with Gasteiger partial charge in [-0.15, -0.1) is 0 Å². The standard InChI is InChI=1S/C10H20N2O4S/c1-4-12(5-2)17(15,16)11-10(3,9(13)14)8-6-7-8/h8,11H,4-7H2,1-3H3,(H,13,14). The molecule has 2 N–H and O–H groups in total. The molecule has 0 radical (unpaired) electrons. The number of hydrogen-bond acceptors (Lipinski definition) is 3. The zero-order valence-electron chi connectivity index (χ0n) is 10.4. The molecule has 0 aromatic rings. The Labute approximate surface area is 102 Å². The number of carboxylic acid groups (broad SMARTS) is 1. The second-order valence-corrected chi connectivity index (χ2v) is 6.14. The third-order valence-corrected chi connectivity index (χ3v) is 5.10. The molecular formula is C10H20N2O4S. The van der Waals surface area contributed by atoms with Crippen LogP contribution in [0, 0.1) is 5.92 Å². The second kappa shape index (κ2) is 4.91. The molecule has 0 heterocycles. The Morgan fingerprint density at radius 2 is 1.88 bits per heavy atom. The number of hydrogen-bond donors (Lipinski definition) is 2. The summed E-state index contributed by atoms with van der Waals surface area (Å²) in [6, 6.07) is 0. The molecule has 0 bridgehead atoms. The zero-order chi connectivity index (χ0) is 13.3. The van der Waals surface area contributed by atoms with Crippen LogP contribution in [0.4, 0.5) is 0 Å². The fourth-order valence-corrected chi connectivity index (χ4v) is 3.46. The lowest BCUT2D eigenvalue weighted by Gasteiger charge is -2.29. The minimum Gasteiger partial charge on any atom is -0.480 e. The van der Waals surface area contributed by atoms with Gasteiger partial charge in [-0.3, -0.25) is 4.79 Å². The van der Waals surface area contributed by atoms with Crippen molar-refractivity contribution in [2.75, 3.05) is 13.1 Å². The van der Waals surface area contributed by atoms with Gasteiger partial charge in [0.05, 0.1) is 0 Å². The maximum atomic E-state index is 12.0. The van der Waals surface area contributed by atoms with E-state index in [9.17, 15) is 18.3 Å². The molecule has 0 aliphatic heterocycles. The van der Waals surface area contributed by atoms with E-state index in [-0.39, 0.29) is 5.92 Å². The van der Waals surface area contributed by atoms with E-state index in [2.05, 4.69) is 4.72 Å². The maximum absolute atomic E-state index is 12.0. The smallest absolute Gasteiger partial charge is 0.324 e. The van der Waals surface area contributed by atoms with Crippen molar-refractivity contribution in [2.24, 2.45) is 5.92 Å². The van der Waals surface area contributed by atoms with E-state index >= 15 is 0 Å². The molecule has 1 unspecified atom stereocenters. The van der Waals surface area contributed by atoms with Crippen molar-refractivity contribution in [3.63, 3.8) is 0 Å². The van der Waals surface area contributed by atoms with Gasteiger partial charge in [0.2, 0.25) is 0 Å². The van der Waals surface area contributed by atoms with Crippen LogP contribution >= 0.6 is 0 Å². The highest BCUT2D eigenvalue weighted by molar-refractivity contribution is 7.87. The summed E-state index contributed by atoms with van der Waals surface area (Å²) in [5, 5.41) is 9.19. The summed E-state index contributed by atoms with van der Waals surface area (Å²) in [6.45, 7) is 5.53. The first-order chi connectivity index (χ1) is 7.78. The Bertz CT molecular complexity index is 387. The molecule has 1 atom stereocenters. The molecule has 1 aliphatic carbocycles. The van der Waals surface area contributed by atoms with Crippen LogP contribution in [0.15, 0.2) is 0 Å². The average molecular weight is 264 g/mol. The molecule has 7 heteroatoms. The molecule has 1 rings (SSSR count). The number of rotatable bonds is 7. The number of carboxylic acids is 1. The Morgan fingerprint density at radius 1 is 1.41 bits per heavy atom. The summed E-state index contributed by atoms with van der Waals surface area (Å²) >= 11 is 0. The van der Waals surface area contributed by atoms with E-state index in [4.69, 9.17) is 0 Å². The van der Waals surface area contributed by atoms with Gasteiger partial charge >= 0.3 is 5.97 Å². The van der Waals surface area contributed by atoms with Crippen molar-refractivity contribution >= 4 is 16.2 Å². The van der Waals surface area contributed by atoms with Crippen molar-refractivity contribution in [3.05, 3.63) is 0 Å². The van der Waals surface area contributed by atoms with Crippen molar-refractivity contribution < 1.29 is 18.3 Å². The lowest BCUT2D eigenvalue weighted by molar-refractivity contribution is -0.144. The lowest BCUT2D eigenvalue weighted by Crippen LogP contribution is -2.57. The van der Waals surface area contributed by atoms with Crippen molar-refractivity contribution in [1.29, 1.82) is 0 Å². The summed E-state index contributed by atoms with van der Waals surface area (Å²) in [7, 11) is -3.73. The van der Waals surface area contributed by atoms with E-state index in [1.54, 1.807) is 13.8 Å². The first-order valence-corrected chi connectivity index (χ1v) is 7.24. The molecule has 0 spiro atoms. The third-order valence-electron chi connectivity index (χ3n) is 3.22. The second-order valence-electron chi connectivity index (χ2n) is 4.47. The van der Waals surface area contributed by atoms with Gasteiger partial charge in [-0.25, -0.2) is 0 Å². The van der Waals surface area contributed by atoms with Gasteiger partial charge < -0.3 is 5.11 Å². The van der Waals surface area contributed by atoms with Crippen LogP contribution in [0.25, 0.3) is 0 Å². The Balaban J connectivity index is 2.91. The van der Waals surface area contributed by atoms with Crippen LogP contribution in [0.2, 0.25) is 0 Å². The minimum absolute atomic E-state index is 0.106. The topological polar surface area (TPSA) is 86.7 Å². The lowest BCUT2D eigenvalue weighted by atomic mass is 9.98. The number of nitrogens with one attached hydrogen (secondary N) is 1. The SMILES string of the molecule is CCN(CC)S(=O)(=O)NC(C)(C(=O)O)C1CC1. The van der Waals surface area contributed by atoms with Crippen molar-refractivity contribution in [1.82, 2.24) is 9.03 Å². The summed E-state index contributed by atoms with van der Waals surface area (Å²) in [6.07, 6.45) is 1.51. The van der Waals surface area contributed by atoms with Gasteiger partial charge in [-0.05, 0) is 25.7 Å². The molecule has 1 saturated carbocycles.